The third-order valence-electron chi connectivity index (χ3n) is 3.23. The summed E-state index contributed by atoms with van der Waals surface area (Å²) in [6, 6.07) is 15.0. The van der Waals surface area contributed by atoms with Crippen LogP contribution in [0.3, 0.4) is 0 Å². The van der Waals surface area contributed by atoms with Crippen molar-refractivity contribution in [3.05, 3.63) is 65.2 Å². The molecule has 0 saturated carbocycles. The minimum absolute atomic E-state index is 0.316. The molecule has 0 aliphatic heterocycles. The number of aromatic carboxylic acids is 1. The Bertz CT molecular complexity index is 608. The molecule has 4 nitrogen and oxygen atoms in total. The monoisotopic (exact) mass is 299 g/mol. The molecule has 0 heterocycles. The van der Waals surface area contributed by atoms with E-state index < -0.39 is 5.97 Å². The Labute approximate surface area is 130 Å². The van der Waals surface area contributed by atoms with Crippen molar-refractivity contribution in [3.63, 3.8) is 0 Å². The number of hydrogen-bond acceptors (Lipinski definition) is 3. The average Bonchev–Trinajstić information content (AvgIpc) is 2.54. The van der Waals surface area contributed by atoms with Gasteiger partial charge in [-0.2, -0.15) is 0 Å². The molecule has 0 aliphatic carbocycles. The maximum absolute atomic E-state index is 10.9. The van der Waals surface area contributed by atoms with Gasteiger partial charge in [0.1, 0.15) is 5.75 Å². The van der Waals surface area contributed by atoms with Gasteiger partial charge in [0.05, 0.1) is 12.2 Å². The summed E-state index contributed by atoms with van der Waals surface area (Å²) in [4.78, 5) is 10.9. The minimum atomic E-state index is -0.899. The van der Waals surface area contributed by atoms with Crippen LogP contribution >= 0.6 is 0 Å². The van der Waals surface area contributed by atoms with Crippen molar-refractivity contribution in [2.75, 3.05) is 6.61 Å². The molecule has 0 amide bonds. The molecule has 0 aliphatic rings. The predicted molar refractivity (Wildman–Crippen MR) is 86.2 cm³/mol. The van der Waals surface area contributed by atoms with Gasteiger partial charge in [0.2, 0.25) is 0 Å². The van der Waals surface area contributed by atoms with Gasteiger partial charge in [-0.25, -0.2) is 4.79 Å². The van der Waals surface area contributed by atoms with E-state index in [0.29, 0.717) is 12.1 Å². The van der Waals surface area contributed by atoms with Crippen LogP contribution in [0.25, 0.3) is 0 Å². The summed E-state index contributed by atoms with van der Waals surface area (Å²) in [6.07, 6.45) is 0.999. The van der Waals surface area contributed by atoms with Crippen molar-refractivity contribution in [3.8, 4) is 5.75 Å². The molecule has 0 atom stereocenters. The molecule has 0 unspecified atom stereocenters. The third-order valence-corrected chi connectivity index (χ3v) is 3.23. The van der Waals surface area contributed by atoms with Crippen molar-refractivity contribution < 1.29 is 14.6 Å². The van der Waals surface area contributed by atoms with Crippen LogP contribution < -0.4 is 10.1 Å². The highest BCUT2D eigenvalue weighted by Crippen LogP contribution is 2.12. The number of hydrogen-bond donors (Lipinski definition) is 2. The summed E-state index contributed by atoms with van der Waals surface area (Å²) in [5, 5.41) is 12.3. The lowest BCUT2D eigenvalue weighted by Gasteiger charge is -2.08. The summed E-state index contributed by atoms with van der Waals surface area (Å²) in [7, 11) is 0. The molecule has 2 aromatic rings. The second-order valence-electron chi connectivity index (χ2n) is 5.10. The van der Waals surface area contributed by atoms with Gasteiger partial charge in [0.25, 0.3) is 0 Å². The lowest BCUT2D eigenvalue weighted by atomic mass is 10.1. The van der Waals surface area contributed by atoms with Crippen LogP contribution in [0.15, 0.2) is 48.5 Å². The Morgan fingerprint density at radius 2 is 1.82 bits per heavy atom. The molecule has 0 bridgehead atoms. The van der Waals surface area contributed by atoms with Gasteiger partial charge in [0.15, 0.2) is 0 Å². The summed E-state index contributed by atoms with van der Waals surface area (Å²) in [5.41, 5.74) is 2.44. The highest BCUT2D eigenvalue weighted by atomic mass is 16.5. The highest BCUT2D eigenvalue weighted by molar-refractivity contribution is 5.87. The van der Waals surface area contributed by atoms with E-state index in [2.05, 4.69) is 12.2 Å². The largest absolute Gasteiger partial charge is 0.494 e. The van der Waals surface area contributed by atoms with Crippen molar-refractivity contribution in [2.45, 2.75) is 26.4 Å². The Hall–Kier alpha value is -2.33. The Morgan fingerprint density at radius 1 is 1.09 bits per heavy atom. The molecular weight excluding hydrogens is 278 g/mol. The van der Waals surface area contributed by atoms with Gasteiger partial charge < -0.3 is 15.2 Å². The Kier molecular flexibility index (Phi) is 5.98. The number of rotatable bonds is 8. The van der Waals surface area contributed by atoms with Crippen LogP contribution in [-0.2, 0) is 13.1 Å². The molecule has 116 valence electrons. The fraction of sp³-hybridized carbons (Fsp3) is 0.278. The number of carbonyl (C=O) groups is 1. The van der Waals surface area contributed by atoms with Crippen LogP contribution in [0, 0.1) is 0 Å². The first-order chi connectivity index (χ1) is 10.7. The van der Waals surface area contributed by atoms with Gasteiger partial charge >= 0.3 is 5.97 Å². The maximum atomic E-state index is 10.9. The molecule has 0 spiro atoms. The molecule has 2 rings (SSSR count). The van der Waals surface area contributed by atoms with Crippen LogP contribution in [0.5, 0.6) is 5.75 Å². The molecule has 2 N–H and O–H groups in total. The molecule has 0 aromatic heterocycles. The summed E-state index contributed by atoms with van der Waals surface area (Å²) in [6.45, 7) is 4.18. The van der Waals surface area contributed by atoms with E-state index in [0.717, 1.165) is 30.9 Å². The fourth-order valence-electron chi connectivity index (χ4n) is 2.09. The molecular formula is C18H21NO3. The van der Waals surface area contributed by atoms with Crippen LogP contribution in [0.1, 0.15) is 34.8 Å². The number of nitrogens with one attached hydrogen (secondary N) is 1. The fourth-order valence-corrected chi connectivity index (χ4v) is 2.09. The molecule has 0 fully saturated rings. The predicted octanol–water partition coefficient (Wildman–Crippen LogP) is 3.46. The van der Waals surface area contributed by atoms with Gasteiger partial charge in [-0.1, -0.05) is 31.2 Å². The summed E-state index contributed by atoms with van der Waals surface area (Å²) >= 11 is 0. The molecule has 4 heteroatoms. The molecule has 0 radical (unpaired) electrons. The highest BCUT2D eigenvalue weighted by Gasteiger charge is 2.03. The van der Waals surface area contributed by atoms with Crippen molar-refractivity contribution in [1.29, 1.82) is 0 Å². The smallest absolute Gasteiger partial charge is 0.335 e. The van der Waals surface area contributed by atoms with Gasteiger partial charge in [-0.15, -0.1) is 0 Å². The van der Waals surface area contributed by atoms with E-state index in [4.69, 9.17) is 9.84 Å². The third kappa shape index (κ3) is 4.90. The summed E-state index contributed by atoms with van der Waals surface area (Å²) in [5.74, 6) is -0.00993. The zero-order valence-corrected chi connectivity index (χ0v) is 12.7. The Morgan fingerprint density at radius 3 is 2.50 bits per heavy atom. The zero-order chi connectivity index (χ0) is 15.8. The first kappa shape index (κ1) is 16.0. The number of ether oxygens (including phenoxy) is 1. The topological polar surface area (TPSA) is 58.6 Å². The van der Waals surface area contributed by atoms with Gasteiger partial charge in [-0.3, -0.25) is 0 Å². The van der Waals surface area contributed by atoms with Gasteiger partial charge in [0, 0.05) is 13.1 Å². The normalized spacial score (nSPS) is 10.4. The minimum Gasteiger partial charge on any atom is -0.494 e. The Balaban J connectivity index is 1.83. The SMILES string of the molecule is CCCOc1ccc(CNCc2cccc(C(=O)O)c2)cc1. The van der Waals surface area contributed by atoms with E-state index in [9.17, 15) is 4.79 Å². The maximum Gasteiger partial charge on any atom is 0.335 e. The van der Waals surface area contributed by atoms with Crippen molar-refractivity contribution >= 4 is 5.97 Å². The van der Waals surface area contributed by atoms with Gasteiger partial charge in [-0.05, 0) is 41.8 Å². The average molecular weight is 299 g/mol. The van der Waals surface area contributed by atoms with E-state index in [1.807, 2.05) is 30.3 Å². The molecule has 2 aromatic carbocycles. The lowest BCUT2D eigenvalue weighted by molar-refractivity contribution is 0.0696. The first-order valence-electron chi connectivity index (χ1n) is 7.43. The molecule has 0 saturated heterocycles. The van der Waals surface area contributed by atoms with E-state index >= 15 is 0 Å². The standard InChI is InChI=1S/C18H21NO3/c1-2-10-22-17-8-6-14(7-9-17)12-19-13-15-4-3-5-16(11-15)18(20)21/h3-9,11,19H,2,10,12-13H2,1H3,(H,20,21). The number of carboxylic acids is 1. The second kappa shape index (κ2) is 8.20. The summed E-state index contributed by atoms with van der Waals surface area (Å²) < 4.78 is 5.54. The quantitative estimate of drug-likeness (QED) is 0.783. The van der Waals surface area contributed by atoms with E-state index in [1.54, 1.807) is 18.2 Å². The van der Waals surface area contributed by atoms with Crippen molar-refractivity contribution in [1.82, 2.24) is 5.32 Å². The number of carboxylic acid groups (broad SMARTS) is 1. The van der Waals surface area contributed by atoms with E-state index in [1.165, 1.54) is 5.56 Å². The first-order valence-corrected chi connectivity index (χ1v) is 7.43. The van der Waals surface area contributed by atoms with E-state index in [-0.39, 0.29) is 0 Å². The van der Waals surface area contributed by atoms with Crippen LogP contribution in [0.4, 0.5) is 0 Å². The van der Waals surface area contributed by atoms with Crippen LogP contribution in [0.2, 0.25) is 0 Å². The second-order valence-corrected chi connectivity index (χ2v) is 5.10. The number of benzene rings is 2. The zero-order valence-electron chi connectivity index (χ0n) is 12.7. The molecule has 22 heavy (non-hydrogen) atoms. The van der Waals surface area contributed by atoms with Crippen LogP contribution in [-0.4, -0.2) is 17.7 Å². The van der Waals surface area contributed by atoms with Crippen molar-refractivity contribution in [2.24, 2.45) is 0 Å². The lowest BCUT2D eigenvalue weighted by Crippen LogP contribution is -2.13.